The maximum Gasteiger partial charge on any atom is 0.331 e. The summed E-state index contributed by atoms with van der Waals surface area (Å²) in [5, 5.41) is 0. The van der Waals surface area contributed by atoms with Crippen molar-refractivity contribution in [2.45, 2.75) is 13.5 Å². The Morgan fingerprint density at radius 1 is 1.08 bits per heavy atom. The first kappa shape index (κ1) is 19.8. The standard InChI is InChI=1S/C16H16N2O2.C3H6O2/c17-14-8-7-13(15(18)10-14)11-20-16(19)9-6-12-4-2-1-3-5-12;1-3(4)5-2/h1-10H,11,17-18H2;1-2H3/b9-6+;. The summed E-state index contributed by atoms with van der Waals surface area (Å²) < 4.78 is 9.24. The van der Waals surface area contributed by atoms with E-state index in [4.69, 9.17) is 16.2 Å². The monoisotopic (exact) mass is 342 g/mol. The van der Waals surface area contributed by atoms with E-state index < -0.39 is 5.97 Å². The third-order valence-corrected chi connectivity index (χ3v) is 3.04. The molecule has 0 bridgehead atoms. The highest BCUT2D eigenvalue weighted by Crippen LogP contribution is 2.16. The van der Waals surface area contributed by atoms with E-state index >= 15 is 0 Å². The Hall–Kier alpha value is -3.28. The third kappa shape index (κ3) is 8.22. The summed E-state index contributed by atoms with van der Waals surface area (Å²) in [6.07, 6.45) is 3.09. The minimum absolute atomic E-state index is 0.129. The second-order valence-corrected chi connectivity index (χ2v) is 5.01. The predicted molar refractivity (Wildman–Crippen MR) is 98.2 cm³/mol. The Morgan fingerprint density at radius 3 is 2.28 bits per heavy atom. The second kappa shape index (κ2) is 10.5. The fourth-order valence-electron chi connectivity index (χ4n) is 1.67. The van der Waals surface area contributed by atoms with Crippen LogP contribution in [-0.2, 0) is 25.7 Å². The molecule has 25 heavy (non-hydrogen) atoms. The average molecular weight is 342 g/mol. The van der Waals surface area contributed by atoms with E-state index in [9.17, 15) is 9.59 Å². The molecule has 0 fully saturated rings. The number of carbonyl (C=O) groups is 2. The number of anilines is 2. The van der Waals surface area contributed by atoms with Crippen LogP contribution in [0.15, 0.2) is 54.6 Å². The highest BCUT2D eigenvalue weighted by molar-refractivity contribution is 5.87. The third-order valence-electron chi connectivity index (χ3n) is 3.04. The highest BCUT2D eigenvalue weighted by Gasteiger charge is 2.03. The maximum atomic E-state index is 11.6. The zero-order valence-corrected chi connectivity index (χ0v) is 14.3. The number of nitrogen functional groups attached to an aromatic ring is 2. The molecule has 0 radical (unpaired) electrons. The largest absolute Gasteiger partial charge is 0.469 e. The van der Waals surface area contributed by atoms with Crippen molar-refractivity contribution < 1.29 is 19.1 Å². The van der Waals surface area contributed by atoms with Gasteiger partial charge in [-0.1, -0.05) is 36.4 Å². The number of ether oxygens (including phenoxy) is 2. The Labute approximate surface area is 147 Å². The van der Waals surface area contributed by atoms with Crippen molar-refractivity contribution >= 4 is 29.4 Å². The molecule has 6 nitrogen and oxygen atoms in total. The van der Waals surface area contributed by atoms with Gasteiger partial charge in [0.25, 0.3) is 0 Å². The van der Waals surface area contributed by atoms with Crippen LogP contribution in [0.4, 0.5) is 11.4 Å². The van der Waals surface area contributed by atoms with Crippen LogP contribution in [0.25, 0.3) is 6.08 Å². The van der Waals surface area contributed by atoms with Gasteiger partial charge in [0, 0.05) is 29.9 Å². The molecule has 0 aromatic heterocycles. The van der Waals surface area contributed by atoms with Gasteiger partial charge in [0.05, 0.1) is 7.11 Å². The van der Waals surface area contributed by atoms with Crippen LogP contribution in [0.5, 0.6) is 0 Å². The zero-order valence-electron chi connectivity index (χ0n) is 14.3. The molecule has 2 rings (SSSR count). The molecule has 6 heteroatoms. The molecule has 0 saturated heterocycles. The molecule has 0 aliphatic heterocycles. The average Bonchev–Trinajstić information content (AvgIpc) is 2.60. The number of rotatable bonds is 4. The first-order chi connectivity index (χ1) is 11.9. The van der Waals surface area contributed by atoms with Gasteiger partial charge in [-0.2, -0.15) is 0 Å². The van der Waals surface area contributed by atoms with Gasteiger partial charge in [-0.05, 0) is 23.8 Å². The highest BCUT2D eigenvalue weighted by atomic mass is 16.5. The Bertz CT molecular complexity index is 727. The van der Waals surface area contributed by atoms with E-state index in [1.165, 1.54) is 20.1 Å². The molecule has 0 atom stereocenters. The van der Waals surface area contributed by atoms with E-state index in [2.05, 4.69) is 4.74 Å². The van der Waals surface area contributed by atoms with Crippen LogP contribution in [-0.4, -0.2) is 19.0 Å². The summed E-state index contributed by atoms with van der Waals surface area (Å²) in [6.45, 7) is 1.49. The van der Waals surface area contributed by atoms with E-state index in [0.29, 0.717) is 11.4 Å². The predicted octanol–water partition coefficient (Wildman–Crippen LogP) is 2.79. The van der Waals surface area contributed by atoms with Gasteiger partial charge in [-0.3, -0.25) is 4.79 Å². The number of hydrogen-bond acceptors (Lipinski definition) is 6. The van der Waals surface area contributed by atoms with Crippen molar-refractivity contribution in [3.05, 3.63) is 65.7 Å². The van der Waals surface area contributed by atoms with Crippen LogP contribution in [0.3, 0.4) is 0 Å². The van der Waals surface area contributed by atoms with E-state index in [-0.39, 0.29) is 12.6 Å². The second-order valence-electron chi connectivity index (χ2n) is 5.01. The summed E-state index contributed by atoms with van der Waals surface area (Å²) in [7, 11) is 1.35. The fraction of sp³-hybridized carbons (Fsp3) is 0.158. The quantitative estimate of drug-likeness (QED) is 0.503. The summed E-state index contributed by atoms with van der Waals surface area (Å²) in [5.74, 6) is -0.657. The lowest BCUT2D eigenvalue weighted by molar-refractivity contribution is -0.139. The molecule has 0 amide bonds. The summed E-state index contributed by atoms with van der Waals surface area (Å²) >= 11 is 0. The lowest BCUT2D eigenvalue weighted by atomic mass is 10.2. The molecule has 2 aromatic carbocycles. The van der Waals surface area contributed by atoms with E-state index in [0.717, 1.165) is 11.1 Å². The van der Waals surface area contributed by atoms with Crippen LogP contribution < -0.4 is 11.5 Å². The molecule has 2 aromatic rings. The van der Waals surface area contributed by atoms with Crippen molar-refractivity contribution in [3.8, 4) is 0 Å². The van der Waals surface area contributed by atoms with Crippen LogP contribution in [0, 0.1) is 0 Å². The first-order valence-corrected chi connectivity index (χ1v) is 7.50. The molecule has 0 unspecified atom stereocenters. The van der Waals surface area contributed by atoms with E-state index in [1.54, 1.807) is 24.3 Å². The fourth-order valence-corrected chi connectivity index (χ4v) is 1.67. The Morgan fingerprint density at radius 2 is 1.72 bits per heavy atom. The number of carbonyl (C=O) groups excluding carboxylic acids is 2. The number of esters is 2. The lowest BCUT2D eigenvalue weighted by Gasteiger charge is -2.06. The number of hydrogen-bond donors (Lipinski definition) is 2. The Balaban J connectivity index is 0.000000550. The number of methoxy groups -OCH3 is 1. The van der Waals surface area contributed by atoms with Gasteiger partial charge in [0.15, 0.2) is 0 Å². The topological polar surface area (TPSA) is 105 Å². The van der Waals surface area contributed by atoms with Crippen LogP contribution in [0.1, 0.15) is 18.1 Å². The molecule has 0 heterocycles. The molecule has 4 N–H and O–H groups in total. The molecular formula is C19H22N2O4. The SMILES string of the molecule is COC(C)=O.Nc1ccc(COC(=O)/C=C/c2ccccc2)c(N)c1. The van der Waals surface area contributed by atoms with Crippen molar-refractivity contribution in [2.75, 3.05) is 18.6 Å². The first-order valence-electron chi connectivity index (χ1n) is 7.50. The Kier molecular flexibility index (Phi) is 8.29. The van der Waals surface area contributed by atoms with Gasteiger partial charge in [-0.25, -0.2) is 4.79 Å². The van der Waals surface area contributed by atoms with Crippen molar-refractivity contribution in [1.82, 2.24) is 0 Å². The molecule has 132 valence electrons. The van der Waals surface area contributed by atoms with Crippen molar-refractivity contribution in [2.24, 2.45) is 0 Å². The normalized spacial score (nSPS) is 9.84. The van der Waals surface area contributed by atoms with Gasteiger partial charge in [-0.15, -0.1) is 0 Å². The van der Waals surface area contributed by atoms with Gasteiger partial charge in [0.2, 0.25) is 0 Å². The zero-order chi connectivity index (χ0) is 18.7. The molecule has 0 spiro atoms. The number of nitrogens with two attached hydrogens (primary N) is 2. The van der Waals surface area contributed by atoms with Crippen LogP contribution >= 0.6 is 0 Å². The van der Waals surface area contributed by atoms with Crippen LogP contribution in [0.2, 0.25) is 0 Å². The van der Waals surface area contributed by atoms with Gasteiger partial charge >= 0.3 is 11.9 Å². The molecular weight excluding hydrogens is 320 g/mol. The van der Waals surface area contributed by atoms with Crippen molar-refractivity contribution in [1.29, 1.82) is 0 Å². The summed E-state index contributed by atoms with van der Waals surface area (Å²) in [6, 6.07) is 14.6. The summed E-state index contributed by atoms with van der Waals surface area (Å²) in [5.41, 5.74) is 14.2. The maximum absolute atomic E-state index is 11.6. The minimum atomic E-state index is -0.412. The minimum Gasteiger partial charge on any atom is -0.469 e. The van der Waals surface area contributed by atoms with Crippen molar-refractivity contribution in [3.63, 3.8) is 0 Å². The smallest absolute Gasteiger partial charge is 0.331 e. The molecule has 0 aliphatic carbocycles. The summed E-state index contributed by atoms with van der Waals surface area (Å²) in [4.78, 5) is 21.2. The number of benzene rings is 2. The van der Waals surface area contributed by atoms with Gasteiger partial charge in [0.1, 0.15) is 6.61 Å². The lowest BCUT2D eigenvalue weighted by Crippen LogP contribution is -2.03. The molecule has 0 aliphatic rings. The molecule has 0 saturated carbocycles. The van der Waals surface area contributed by atoms with Gasteiger partial charge < -0.3 is 20.9 Å². The van der Waals surface area contributed by atoms with E-state index in [1.807, 2.05) is 30.3 Å².